The lowest BCUT2D eigenvalue weighted by atomic mass is 10.1. The maximum Gasteiger partial charge on any atom is 0.144 e. The van der Waals surface area contributed by atoms with Crippen molar-refractivity contribution in [3.8, 4) is 0 Å². The molecule has 1 rings (SSSR count). The largest absolute Gasteiger partial charge is 0.315 e. The monoisotopic (exact) mass is 243 g/mol. The Morgan fingerprint density at radius 3 is 2.75 bits per heavy atom. The van der Waals surface area contributed by atoms with E-state index in [9.17, 15) is 4.39 Å². The molecule has 0 amide bonds. The van der Waals surface area contributed by atoms with E-state index in [1.807, 2.05) is 0 Å². The van der Waals surface area contributed by atoms with Crippen molar-refractivity contribution in [2.24, 2.45) is 0 Å². The van der Waals surface area contributed by atoms with Crippen LogP contribution in [0.3, 0.4) is 0 Å². The van der Waals surface area contributed by atoms with E-state index in [0.717, 1.165) is 31.4 Å². The van der Waals surface area contributed by atoms with Gasteiger partial charge >= 0.3 is 0 Å². The van der Waals surface area contributed by atoms with E-state index >= 15 is 0 Å². The zero-order chi connectivity index (χ0) is 12.0. The minimum Gasteiger partial charge on any atom is -0.315 e. The highest BCUT2D eigenvalue weighted by Gasteiger charge is 2.05. The number of benzene rings is 1. The Labute approximate surface area is 102 Å². The molecule has 1 aromatic rings. The summed E-state index contributed by atoms with van der Waals surface area (Å²) in [5, 5.41) is 3.56. The third kappa shape index (κ3) is 4.50. The van der Waals surface area contributed by atoms with Crippen LogP contribution in [0.15, 0.2) is 18.2 Å². The lowest BCUT2D eigenvalue weighted by Gasteiger charge is -2.08. The molecular weight excluding hydrogens is 225 g/mol. The number of hydrogen-bond acceptors (Lipinski definition) is 1. The van der Waals surface area contributed by atoms with Crippen molar-refractivity contribution >= 4 is 11.6 Å². The lowest BCUT2D eigenvalue weighted by Crippen LogP contribution is -2.23. The van der Waals surface area contributed by atoms with Gasteiger partial charge in [0.15, 0.2) is 0 Å². The Hall–Kier alpha value is -0.600. The quantitative estimate of drug-likeness (QED) is 0.750. The molecule has 0 unspecified atom stereocenters. The highest BCUT2D eigenvalue weighted by molar-refractivity contribution is 6.30. The van der Waals surface area contributed by atoms with Crippen LogP contribution in [0.2, 0.25) is 5.02 Å². The zero-order valence-electron chi connectivity index (χ0n) is 9.89. The summed E-state index contributed by atoms with van der Waals surface area (Å²) in [4.78, 5) is 0. The van der Waals surface area contributed by atoms with Crippen molar-refractivity contribution in [3.05, 3.63) is 34.6 Å². The molecule has 0 saturated carbocycles. The summed E-state index contributed by atoms with van der Waals surface area (Å²) in [5.41, 5.74) is 0.719. The van der Waals surface area contributed by atoms with Gasteiger partial charge in [-0.05, 0) is 37.4 Å². The van der Waals surface area contributed by atoms with Crippen LogP contribution in [0.5, 0.6) is 0 Å². The summed E-state index contributed by atoms with van der Waals surface area (Å²) >= 11 is 5.71. The Balaban J connectivity index is 2.29. The van der Waals surface area contributed by atoms with Gasteiger partial charge in [0.1, 0.15) is 5.82 Å². The van der Waals surface area contributed by atoms with E-state index in [-0.39, 0.29) is 10.8 Å². The molecule has 0 spiro atoms. The van der Waals surface area contributed by atoms with E-state index in [1.54, 1.807) is 18.2 Å². The fourth-order valence-electron chi connectivity index (χ4n) is 1.57. The Morgan fingerprint density at radius 1 is 1.31 bits per heavy atom. The first kappa shape index (κ1) is 13.5. The van der Waals surface area contributed by atoms with Crippen molar-refractivity contribution in [3.63, 3.8) is 0 Å². The van der Waals surface area contributed by atoms with Crippen LogP contribution >= 0.6 is 11.6 Å². The van der Waals surface area contributed by atoms with Crippen molar-refractivity contribution in [1.82, 2.24) is 5.32 Å². The van der Waals surface area contributed by atoms with Crippen LogP contribution < -0.4 is 5.32 Å². The van der Waals surface area contributed by atoms with Gasteiger partial charge in [-0.2, -0.15) is 0 Å². The van der Waals surface area contributed by atoms with Gasteiger partial charge in [-0.25, -0.2) is 4.39 Å². The highest BCUT2D eigenvalue weighted by Crippen LogP contribution is 2.19. The maximum atomic E-state index is 13.5. The van der Waals surface area contributed by atoms with E-state index in [0.29, 0.717) is 6.04 Å². The molecule has 1 aromatic carbocycles. The first-order chi connectivity index (χ1) is 7.61. The summed E-state index contributed by atoms with van der Waals surface area (Å²) in [7, 11) is 0. The van der Waals surface area contributed by atoms with E-state index in [2.05, 4.69) is 19.2 Å². The normalized spacial score (nSPS) is 11.1. The van der Waals surface area contributed by atoms with Crippen molar-refractivity contribution in [2.75, 3.05) is 6.54 Å². The standard InChI is InChI=1S/C13H19ClFN/c1-10(2)16-9-4-3-6-11-7-5-8-12(14)13(11)15/h5,7-8,10,16H,3-4,6,9H2,1-2H3. The predicted molar refractivity (Wildman–Crippen MR) is 67.5 cm³/mol. The second kappa shape index (κ2) is 6.87. The number of rotatable bonds is 6. The van der Waals surface area contributed by atoms with Crippen molar-refractivity contribution in [2.45, 2.75) is 39.2 Å². The van der Waals surface area contributed by atoms with Gasteiger partial charge in [0.05, 0.1) is 5.02 Å². The molecule has 0 bridgehead atoms. The molecule has 3 heteroatoms. The molecule has 0 radical (unpaired) electrons. The summed E-state index contributed by atoms with van der Waals surface area (Å²) in [6.45, 7) is 5.23. The molecule has 0 aliphatic carbocycles. The molecule has 16 heavy (non-hydrogen) atoms. The number of nitrogens with one attached hydrogen (secondary N) is 1. The van der Waals surface area contributed by atoms with Crippen molar-refractivity contribution < 1.29 is 4.39 Å². The molecule has 0 atom stereocenters. The minimum absolute atomic E-state index is 0.220. The highest BCUT2D eigenvalue weighted by atomic mass is 35.5. The summed E-state index contributed by atoms with van der Waals surface area (Å²) in [6.07, 6.45) is 2.80. The molecule has 0 fully saturated rings. The number of hydrogen-bond donors (Lipinski definition) is 1. The van der Waals surface area contributed by atoms with Gasteiger partial charge in [0.25, 0.3) is 0 Å². The number of halogens is 2. The van der Waals surface area contributed by atoms with Crippen LogP contribution in [0.1, 0.15) is 32.3 Å². The Kier molecular flexibility index (Phi) is 5.78. The van der Waals surface area contributed by atoms with Crippen LogP contribution in [0, 0.1) is 5.82 Å². The molecule has 0 aromatic heterocycles. The third-order valence-electron chi connectivity index (χ3n) is 2.46. The van der Waals surface area contributed by atoms with Crippen LogP contribution in [-0.4, -0.2) is 12.6 Å². The second-order valence-electron chi connectivity index (χ2n) is 4.28. The van der Waals surface area contributed by atoms with E-state index < -0.39 is 0 Å². The van der Waals surface area contributed by atoms with Gasteiger partial charge in [0.2, 0.25) is 0 Å². The number of unbranched alkanes of at least 4 members (excludes halogenated alkanes) is 1. The zero-order valence-corrected chi connectivity index (χ0v) is 10.6. The first-order valence-corrected chi connectivity index (χ1v) is 6.15. The van der Waals surface area contributed by atoms with Crippen molar-refractivity contribution in [1.29, 1.82) is 0 Å². The van der Waals surface area contributed by atoms with E-state index in [1.165, 1.54) is 0 Å². The van der Waals surface area contributed by atoms with Crippen LogP contribution in [-0.2, 0) is 6.42 Å². The van der Waals surface area contributed by atoms with Gasteiger partial charge in [-0.15, -0.1) is 0 Å². The molecule has 0 saturated heterocycles. The van der Waals surface area contributed by atoms with Crippen LogP contribution in [0.4, 0.5) is 4.39 Å². The molecule has 0 aliphatic heterocycles. The van der Waals surface area contributed by atoms with E-state index in [4.69, 9.17) is 11.6 Å². The Morgan fingerprint density at radius 2 is 2.06 bits per heavy atom. The SMILES string of the molecule is CC(C)NCCCCc1cccc(Cl)c1F. The van der Waals surface area contributed by atoms with Gasteiger partial charge in [0, 0.05) is 6.04 Å². The first-order valence-electron chi connectivity index (χ1n) is 5.77. The smallest absolute Gasteiger partial charge is 0.144 e. The van der Waals surface area contributed by atoms with Gasteiger partial charge < -0.3 is 5.32 Å². The fraction of sp³-hybridized carbons (Fsp3) is 0.538. The Bertz CT molecular complexity index is 326. The fourth-order valence-corrected chi connectivity index (χ4v) is 1.77. The summed E-state index contributed by atoms with van der Waals surface area (Å²) in [6, 6.07) is 5.70. The molecule has 0 heterocycles. The van der Waals surface area contributed by atoms with Gasteiger partial charge in [-0.3, -0.25) is 0 Å². The molecule has 90 valence electrons. The minimum atomic E-state index is -0.263. The summed E-state index contributed by atoms with van der Waals surface area (Å²) in [5.74, 6) is -0.263. The van der Waals surface area contributed by atoms with Gasteiger partial charge in [-0.1, -0.05) is 37.6 Å². The lowest BCUT2D eigenvalue weighted by molar-refractivity contribution is 0.550. The third-order valence-corrected chi connectivity index (χ3v) is 2.75. The molecule has 1 nitrogen and oxygen atoms in total. The molecule has 0 aliphatic rings. The maximum absolute atomic E-state index is 13.5. The average molecular weight is 244 g/mol. The molecule has 1 N–H and O–H groups in total. The second-order valence-corrected chi connectivity index (χ2v) is 4.69. The topological polar surface area (TPSA) is 12.0 Å². The molecular formula is C13H19ClFN. The number of aryl methyl sites for hydroxylation is 1. The predicted octanol–water partition coefficient (Wildman–Crippen LogP) is 3.80. The summed E-state index contributed by atoms with van der Waals surface area (Å²) < 4.78 is 13.5. The average Bonchev–Trinajstić information content (AvgIpc) is 2.23. The van der Waals surface area contributed by atoms with Crippen LogP contribution in [0.25, 0.3) is 0 Å².